The molecule has 0 aromatic heterocycles. The third-order valence-corrected chi connectivity index (χ3v) is 3.19. The lowest BCUT2D eigenvalue weighted by Crippen LogP contribution is -2.36. The normalized spacial score (nSPS) is 16.3. The van der Waals surface area contributed by atoms with Crippen molar-refractivity contribution in [2.45, 2.75) is 19.5 Å². The molecule has 1 amide bonds. The Labute approximate surface area is 138 Å². The molecular formula is C14H23Cl2N3O2. The Hall–Kier alpha value is -0.850. The van der Waals surface area contributed by atoms with Gasteiger partial charge in [-0.15, -0.1) is 24.8 Å². The molecule has 0 saturated carbocycles. The Bertz CT molecular complexity index is 438. The van der Waals surface area contributed by atoms with E-state index in [0.29, 0.717) is 0 Å². The third kappa shape index (κ3) is 6.20. The lowest BCUT2D eigenvalue weighted by atomic mass is 10.1. The predicted molar refractivity (Wildman–Crippen MR) is 89.3 cm³/mol. The SMILES string of the molecule is CC(N)C(=O)Nc1ccccc1CN1CCOCC1.Cl.Cl. The first-order valence-corrected chi connectivity index (χ1v) is 6.61. The number of hydrogen-bond donors (Lipinski definition) is 2. The summed E-state index contributed by atoms with van der Waals surface area (Å²) in [6.07, 6.45) is 0. The molecule has 0 spiro atoms. The van der Waals surface area contributed by atoms with Crippen LogP contribution in [0.25, 0.3) is 0 Å². The lowest BCUT2D eigenvalue weighted by Gasteiger charge is -2.27. The van der Waals surface area contributed by atoms with Crippen LogP contribution >= 0.6 is 24.8 Å². The van der Waals surface area contributed by atoms with E-state index in [2.05, 4.69) is 10.2 Å². The number of anilines is 1. The molecule has 3 N–H and O–H groups in total. The number of nitrogens with two attached hydrogens (primary N) is 1. The predicted octanol–water partition coefficient (Wildman–Crippen LogP) is 1.65. The van der Waals surface area contributed by atoms with Crippen molar-refractivity contribution in [3.63, 3.8) is 0 Å². The number of halogens is 2. The molecule has 0 radical (unpaired) electrons. The van der Waals surface area contributed by atoms with Gasteiger partial charge in [-0.3, -0.25) is 9.69 Å². The number of carbonyl (C=O) groups excluding carboxylic acids is 1. The molecule has 0 bridgehead atoms. The van der Waals surface area contributed by atoms with Crippen molar-refractivity contribution in [3.8, 4) is 0 Å². The molecule has 1 aliphatic rings. The second-order valence-corrected chi connectivity index (χ2v) is 4.82. The van der Waals surface area contributed by atoms with Crippen LogP contribution in [-0.2, 0) is 16.1 Å². The van der Waals surface area contributed by atoms with E-state index in [9.17, 15) is 4.79 Å². The summed E-state index contributed by atoms with van der Waals surface area (Å²) in [5.41, 5.74) is 7.53. The summed E-state index contributed by atoms with van der Waals surface area (Å²) in [4.78, 5) is 14.0. The van der Waals surface area contributed by atoms with E-state index in [1.54, 1.807) is 6.92 Å². The minimum Gasteiger partial charge on any atom is -0.379 e. The minimum absolute atomic E-state index is 0. The summed E-state index contributed by atoms with van der Waals surface area (Å²) in [7, 11) is 0. The van der Waals surface area contributed by atoms with Crippen molar-refractivity contribution in [2.24, 2.45) is 5.73 Å². The highest BCUT2D eigenvalue weighted by Gasteiger charge is 2.14. The number of rotatable bonds is 4. The number of carbonyl (C=O) groups is 1. The summed E-state index contributed by atoms with van der Waals surface area (Å²) in [6, 6.07) is 7.34. The van der Waals surface area contributed by atoms with Gasteiger partial charge in [-0.05, 0) is 18.6 Å². The van der Waals surface area contributed by atoms with E-state index in [-0.39, 0.29) is 30.7 Å². The van der Waals surface area contributed by atoms with Gasteiger partial charge in [-0.1, -0.05) is 18.2 Å². The van der Waals surface area contributed by atoms with Gasteiger partial charge in [0, 0.05) is 25.3 Å². The maximum Gasteiger partial charge on any atom is 0.241 e. The molecule has 1 aromatic rings. The van der Waals surface area contributed by atoms with Crippen LogP contribution in [0.1, 0.15) is 12.5 Å². The van der Waals surface area contributed by atoms with Crippen molar-refractivity contribution in [3.05, 3.63) is 29.8 Å². The second kappa shape index (κ2) is 9.97. The molecule has 0 aliphatic carbocycles. The van der Waals surface area contributed by atoms with E-state index >= 15 is 0 Å². The van der Waals surface area contributed by atoms with E-state index in [1.165, 1.54) is 0 Å². The van der Waals surface area contributed by atoms with Crippen LogP contribution in [-0.4, -0.2) is 43.2 Å². The van der Waals surface area contributed by atoms with Crippen LogP contribution in [0.2, 0.25) is 0 Å². The van der Waals surface area contributed by atoms with Gasteiger partial charge in [0.05, 0.1) is 19.3 Å². The quantitative estimate of drug-likeness (QED) is 0.877. The van der Waals surface area contributed by atoms with Gasteiger partial charge in [0.15, 0.2) is 0 Å². The van der Waals surface area contributed by atoms with Crippen LogP contribution in [0.15, 0.2) is 24.3 Å². The number of amides is 1. The summed E-state index contributed by atoms with van der Waals surface area (Å²) in [6.45, 7) is 5.90. The first-order valence-electron chi connectivity index (χ1n) is 6.61. The number of para-hydroxylation sites is 1. The van der Waals surface area contributed by atoms with Crippen LogP contribution in [0.3, 0.4) is 0 Å². The Morgan fingerprint density at radius 3 is 2.57 bits per heavy atom. The minimum atomic E-state index is -0.503. The van der Waals surface area contributed by atoms with Gasteiger partial charge in [0.1, 0.15) is 0 Å². The zero-order valence-electron chi connectivity index (χ0n) is 12.1. The van der Waals surface area contributed by atoms with Gasteiger partial charge in [0.25, 0.3) is 0 Å². The smallest absolute Gasteiger partial charge is 0.241 e. The fourth-order valence-electron chi connectivity index (χ4n) is 2.03. The Morgan fingerprint density at radius 1 is 1.33 bits per heavy atom. The largest absolute Gasteiger partial charge is 0.379 e. The van der Waals surface area contributed by atoms with Crippen LogP contribution in [0, 0.1) is 0 Å². The van der Waals surface area contributed by atoms with Crippen molar-refractivity contribution in [1.82, 2.24) is 4.90 Å². The number of benzene rings is 1. The Kier molecular flexibility index (Phi) is 9.57. The molecule has 21 heavy (non-hydrogen) atoms. The van der Waals surface area contributed by atoms with Crippen molar-refractivity contribution in [2.75, 3.05) is 31.6 Å². The van der Waals surface area contributed by atoms with E-state index in [1.807, 2.05) is 24.3 Å². The topological polar surface area (TPSA) is 67.6 Å². The summed E-state index contributed by atoms with van der Waals surface area (Å²) in [5.74, 6) is -0.158. The molecule has 2 rings (SSSR count). The first-order chi connectivity index (χ1) is 9.16. The zero-order chi connectivity index (χ0) is 13.7. The average molecular weight is 336 g/mol. The van der Waals surface area contributed by atoms with Crippen LogP contribution < -0.4 is 11.1 Å². The van der Waals surface area contributed by atoms with Gasteiger partial charge < -0.3 is 15.8 Å². The van der Waals surface area contributed by atoms with Crippen molar-refractivity contribution >= 4 is 36.4 Å². The first kappa shape index (κ1) is 20.1. The summed E-state index contributed by atoms with van der Waals surface area (Å²) >= 11 is 0. The monoisotopic (exact) mass is 335 g/mol. The summed E-state index contributed by atoms with van der Waals surface area (Å²) in [5, 5.41) is 2.88. The van der Waals surface area contributed by atoms with E-state index in [4.69, 9.17) is 10.5 Å². The molecular weight excluding hydrogens is 313 g/mol. The highest BCUT2D eigenvalue weighted by Crippen LogP contribution is 2.18. The van der Waals surface area contributed by atoms with Gasteiger partial charge in [-0.25, -0.2) is 0 Å². The molecule has 1 heterocycles. The van der Waals surface area contributed by atoms with Crippen molar-refractivity contribution in [1.29, 1.82) is 0 Å². The molecule has 1 aromatic carbocycles. The molecule has 7 heteroatoms. The fourth-order valence-corrected chi connectivity index (χ4v) is 2.03. The zero-order valence-corrected chi connectivity index (χ0v) is 13.7. The maximum atomic E-state index is 11.7. The Balaban J connectivity index is 0.00000200. The molecule has 1 fully saturated rings. The number of ether oxygens (including phenoxy) is 1. The fraction of sp³-hybridized carbons (Fsp3) is 0.500. The molecule has 120 valence electrons. The molecule has 1 atom stereocenters. The third-order valence-electron chi connectivity index (χ3n) is 3.19. The van der Waals surface area contributed by atoms with E-state index in [0.717, 1.165) is 44.1 Å². The number of nitrogens with one attached hydrogen (secondary N) is 1. The van der Waals surface area contributed by atoms with E-state index < -0.39 is 6.04 Å². The summed E-state index contributed by atoms with van der Waals surface area (Å²) < 4.78 is 5.34. The van der Waals surface area contributed by atoms with Gasteiger partial charge in [-0.2, -0.15) is 0 Å². The molecule has 1 unspecified atom stereocenters. The van der Waals surface area contributed by atoms with Gasteiger partial charge in [0.2, 0.25) is 5.91 Å². The highest BCUT2D eigenvalue weighted by molar-refractivity contribution is 5.95. The number of hydrogen-bond acceptors (Lipinski definition) is 4. The number of morpholine rings is 1. The number of nitrogens with zero attached hydrogens (tertiary/aromatic N) is 1. The van der Waals surface area contributed by atoms with Gasteiger partial charge >= 0.3 is 0 Å². The van der Waals surface area contributed by atoms with Crippen LogP contribution in [0.5, 0.6) is 0 Å². The average Bonchev–Trinajstić information content (AvgIpc) is 2.42. The lowest BCUT2D eigenvalue weighted by molar-refractivity contribution is -0.117. The standard InChI is InChI=1S/C14H21N3O2.2ClH/c1-11(15)14(18)16-13-5-3-2-4-12(13)10-17-6-8-19-9-7-17;;/h2-5,11H,6-10,15H2,1H3,(H,16,18);2*1H. The molecule has 1 saturated heterocycles. The molecule has 1 aliphatic heterocycles. The molecule has 5 nitrogen and oxygen atoms in total. The maximum absolute atomic E-state index is 11.7. The van der Waals surface area contributed by atoms with Crippen molar-refractivity contribution < 1.29 is 9.53 Å². The Morgan fingerprint density at radius 2 is 1.95 bits per heavy atom. The van der Waals surface area contributed by atoms with Crippen LogP contribution in [0.4, 0.5) is 5.69 Å². The second-order valence-electron chi connectivity index (χ2n) is 4.82. The highest BCUT2D eigenvalue weighted by atomic mass is 35.5.